The normalized spacial score (nSPS) is 27.1. The highest BCUT2D eigenvalue weighted by atomic mass is 32.1. The van der Waals surface area contributed by atoms with Crippen LogP contribution in [0.5, 0.6) is 0 Å². The SMILES string of the molecule is CC1(C)COCCN1c1nc2c(s1)C(O)CCC2. The molecule has 1 fully saturated rings. The van der Waals surface area contributed by atoms with Crippen LogP contribution in [0, 0.1) is 0 Å². The van der Waals surface area contributed by atoms with Gasteiger partial charge in [-0.1, -0.05) is 11.3 Å². The maximum atomic E-state index is 10.0. The van der Waals surface area contributed by atoms with E-state index < -0.39 is 0 Å². The van der Waals surface area contributed by atoms with E-state index in [0.29, 0.717) is 0 Å². The molecule has 0 saturated carbocycles. The van der Waals surface area contributed by atoms with Gasteiger partial charge in [-0.3, -0.25) is 0 Å². The molecule has 2 aliphatic rings. The van der Waals surface area contributed by atoms with E-state index in [0.717, 1.165) is 54.7 Å². The molecule has 2 heterocycles. The average Bonchev–Trinajstić information content (AvgIpc) is 2.73. The van der Waals surface area contributed by atoms with Crippen molar-refractivity contribution < 1.29 is 9.84 Å². The van der Waals surface area contributed by atoms with Crippen LogP contribution in [0.1, 0.15) is 43.4 Å². The highest BCUT2D eigenvalue weighted by molar-refractivity contribution is 7.15. The molecule has 18 heavy (non-hydrogen) atoms. The van der Waals surface area contributed by atoms with Crippen LogP contribution in [0.4, 0.5) is 5.13 Å². The molecule has 1 atom stereocenters. The lowest BCUT2D eigenvalue weighted by molar-refractivity contribution is 0.0643. The summed E-state index contributed by atoms with van der Waals surface area (Å²) < 4.78 is 5.55. The number of thiazole rings is 1. The first kappa shape index (κ1) is 12.4. The Bertz CT molecular complexity index is 444. The molecule has 1 saturated heterocycles. The van der Waals surface area contributed by atoms with Gasteiger partial charge in [-0.25, -0.2) is 4.98 Å². The Hall–Kier alpha value is -0.650. The summed E-state index contributed by atoms with van der Waals surface area (Å²) in [6.07, 6.45) is 2.63. The predicted octanol–water partition coefficient (Wildman–Crippen LogP) is 2.13. The Labute approximate surface area is 112 Å². The van der Waals surface area contributed by atoms with Gasteiger partial charge in [0.25, 0.3) is 0 Å². The number of rotatable bonds is 1. The van der Waals surface area contributed by atoms with E-state index in [1.165, 1.54) is 0 Å². The third-order valence-corrected chi connectivity index (χ3v) is 5.01. The second-order valence-electron chi connectivity index (χ2n) is 5.73. The minimum atomic E-state index is -0.302. The molecule has 5 heteroatoms. The van der Waals surface area contributed by atoms with Gasteiger partial charge in [0, 0.05) is 6.54 Å². The highest BCUT2D eigenvalue weighted by Gasteiger charge is 2.34. The molecular formula is C13H20N2O2S. The van der Waals surface area contributed by atoms with Gasteiger partial charge in [0.05, 0.1) is 35.4 Å². The molecule has 1 aliphatic carbocycles. The van der Waals surface area contributed by atoms with E-state index >= 15 is 0 Å². The summed E-state index contributed by atoms with van der Waals surface area (Å²) in [6.45, 7) is 6.75. The van der Waals surface area contributed by atoms with Crippen LogP contribution in [0.2, 0.25) is 0 Å². The lowest BCUT2D eigenvalue weighted by atomic mass is 10.0. The van der Waals surface area contributed by atoms with Crippen molar-refractivity contribution >= 4 is 16.5 Å². The first-order valence-electron chi connectivity index (χ1n) is 6.61. The fourth-order valence-corrected chi connectivity index (χ4v) is 4.03. The van der Waals surface area contributed by atoms with Crippen molar-refractivity contribution in [3.8, 4) is 0 Å². The summed E-state index contributed by atoms with van der Waals surface area (Å²) in [5.41, 5.74) is 1.10. The van der Waals surface area contributed by atoms with E-state index in [9.17, 15) is 5.11 Å². The Kier molecular flexibility index (Phi) is 3.08. The lowest BCUT2D eigenvalue weighted by Crippen LogP contribution is -2.53. The van der Waals surface area contributed by atoms with Crippen molar-refractivity contribution in [2.45, 2.75) is 44.8 Å². The lowest BCUT2D eigenvalue weighted by Gasteiger charge is -2.42. The van der Waals surface area contributed by atoms with E-state index in [1.807, 2.05) is 0 Å². The first-order valence-corrected chi connectivity index (χ1v) is 7.42. The largest absolute Gasteiger partial charge is 0.388 e. The minimum absolute atomic E-state index is 0.0103. The quantitative estimate of drug-likeness (QED) is 0.847. The zero-order valence-electron chi connectivity index (χ0n) is 11.0. The van der Waals surface area contributed by atoms with Crippen LogP contribution in [0.3, 0.4) is 0 Å². The molecule has 0 amide bonds. The number of ether oxygens (including phenoxy) is 1. The fourth-order valence-electron chi connectivity index (χ4n) is 2.71. The molecule has 0 aromatic carbocycles. The molecule has 0 spiro atoms. The molecule has 1 unspecified atom stereocenters. The predicted molar refractivity (Wildman–Crippen MR) is 72.3 cm³/mol. The summed E-state index contributed by atoms with van der Waals surface area (Å²) >= 11 is 1.66. The maximum Gasteiger partial charge on any atom is 0.186 e. The van der Waals surface area contributed by atoms with Gasteiger partial charge in [0.1, 0.15) is 0 Å². The summed E-state index contributed by atoms with van der Waals surface area (Å²) in [5.74, 6) is 0. The van der Waals surface area contributed by atoms with Gasteiger partial charge in [-0.15, -0.1) is 0 Å². The standard InChI is InChI=1S/C13H20N2O2S/c1-13(2)8-17-7-6-15(13)12-14-9-4-3-5-10(16)11(9)18-12/h10,16H,3-8H2,1-2H3. The second-order valence-corrected chi connectivity index (χ2v) is 6.74. The van der Waals surface area contributed by atoms with E-state index in [-0.39, 0.29) is 11.6 Å². The molecule has 3 rings (SSSR count). The molecule has 1 aromatic rings. The van der Waals surface area contributed by atoms with E-state index in [4.69, 9.17) is 9.72 Å². The summed E-state index contributed by atoms with van der Waals surface area (Å²) in [7, 11) is 0. The van der Waals surface area contributed by atoms with Crippen LogP contribution >= 0.6 is 11.3 Å². The van der Waals surface area contributed by atoms with Crippen LogP contribution in [0.25, 0.3) is 0 Å². The van der Waals surface area contributed by atoms with Crippen molar-refractivity contribution in [3.63, 3.8) is 0 Å². The number of aliphatic hydroxyl groups excluding tert-OH is 1. The molecule has 1 aromatic heterocycles. The van der Waals surface area contributed by atoms with E-state index in [1.54, 1.807) is 11.3 Å². The van der Waals surface area contributed by atoms with Gasteiger partial charge < -0.3 is 14.7 Å². The zero-order valence-corrected chi connectivity index (χ0v) is 11.8. The van der Waals surface area contributed by atoms with Gasteiger partial charge >= 0.3 is 0 Å². The topological polar surface area (TPSA) is 45.6 Å². The molecule has 1 N–H and O–H groups in total. The minimum Gasteiger partial charge on any atom is -0.388 e. The first-order chi connectivity index (χ1) is 8.58. The number of anilines is 1. The van der Waals surface area contributed by atoms with Crippen molar-refractivity contribution in [3.05, 3.63) is 10.6 Å². The number of morpholine rings is 1. The van der Waals surface area contributed by atoms with Crippen LogP contribution in [0.15, 0.2) is 0 Å². The third-order valence-electron chi connectivity index (χ3n) is 3.79. The third kappa shape index (κ3) is 2.04. The van der Waals surface area contributed by atoms with Gasteiger partial charge in [-0.05, 0) is 33.1 Å². The zero-order chi connectivity index (χ0) is 12.8. The Balaban J connectivity index is 1.92. The molecule has 1 aliphatic heterocycles. The summed E-state index contributed by atoms with van der Waals surface area (Å²) in [4.78, 5) is 8.16. The number of aryl methyl sites for hydroxylation is 1. The highest BCUT2D eigenvalue weighted by Crippen LogP contribution is 2.39. The van der Waals surface area contributed by atoms with Crippen LogP contribution in [-0.4, -0.2) is 35.4 Å². The number of hydrogen-bond acceptors (Lipinski definition) is 5. The van der Waals surface area contributed by atoms with Crippen molar-refractivity contribution in [1.29, 1.82) is 0 Å². The Morgan fingerprint density at radius 2 is 2.33 bits per heavy atom. The van der Waals surface area contributed by atoms with Crippen molar-refractivity contribution in [2.24, 2.45) is 0 Å². The molecule has 0 radical (unpaired) electrons. The Morgan fingerprint density at radius 3 is 3.06 bits per heavy atom. The number of nitrogens with zero attached hydrogens (tertiary/aromatic N) is 2. The van der Waals surface area contributed by atoms with Gasteiger partial charge in [-0.2, -0.15) is 0 Å². The monoisotopic (exact) mass is 268 g/mol. The average molecular weight is 268 g/mol. The number of aliphatic hydroxyl groups is 1. The Morgan fingerprint density at radius 1 is 1.50 bits per heavy atom. The van der Waals surface area contributed by atoms with Crippen molar-refractivity contribution in [2.75, 3.05) is 24.7 Å². The van der Waals surface area contributed by atoms with Gasteiger partial charge in [0.2, 0.25) is 0 Å². The second kappa shape index (κ2) is 4.47. The molecule has 100 valence electrons. The van der Waals surface area contributed by atoms with Crippen LogP contribution in [-0.2, 0) is 11.2 Å². The maximum absolute atomic E-state index is 10.0. The molecule has 0 bridgehead atoms. The smallest absolute Gasteiger partial charge is 0.186 e. The molecular weight excluding hydrogens is 248 g/mol. The number of aromatic nitrogens is 1. The number of fused-ring (bicyclic) bond motifs is 1. The van der Waals surface area contributed by atoms with Crippen molar-refractivity contribution in [1.82, 2.24) is 4.98 Å². The summed E-state index contributed by atoms with van der Waals surface area (Å²) in [5, 5.41) is 11.1. The summed E-state index contributed by atoms with van der Waals surface area (Å²) in [6, 6.07) is 0. The van der Waals surface area contributed by atoms with E-state index in [2.05, 4.69) is 18.7 Å². The molecule has 4 nitrogen and oxygen atoms in total. The van der Waals surface area contributed by atoms with Crippen LogP contribution < -0.4 is 4.90 Å². The fraction of sp³-hybridized carbons (Fsp3) is 0.769. The van der Waals surface area contributed by atoms with Gasteiger partial charge in [0.15, 0.2) is 5.13 Å². The number of hydrogen-bond donors (Lipinski definition) is 1.